The molecule has 1 aliphatic heterocycles. The number of benzene rings is 2. The van der Waals surface area contributed by atoms with Crippen LogP contribution in [-0.4, -0.2) is 57.9 Å². The molecular weight excluding hydrogens is 440 g/mol. The van der Waals surface area contributed by atoms with Crippen molar-refractivity contribution in [1.29, 1.82) is 0 Å². The summed E-state index contributed by atoms with van der Waals surface area (Å²) in [4.78, 5) is 37.0. The van der Waals surface area contributed by atoms with E-state index in [1.807, 2.05) is 6.92 Å². The molecule has 0 spiro atoms. The Bertz CT molecular complexity index is 1160. The second kappa shape index (κ2) is 9.94. The summed E-state index contributed by atoms with van der Waals surface area (Å²) in [6.45, 7) is 2.86. The Morgan fingerprint density at radius 2 is 1.62 bits per heavy atom. The van der Waals surface area contributed by atoms with Gasteiger partial charge in [0.15, 0.2) is 0 Å². The third kappa shape index (κ3) is 5.36. The van der Waals surface area contributed by atoms with Crippen LogP contribution in [0.25, 0.3) is 11.1 Å². The van der Waals surface area contributed by atoms with Gasteiger partial charge < -0.3 is 15.1 Å². The minimum atomic E-state index is -0.645. The van der Waals surface area contributed by atoms with Crippen LogP contribution in [0.4, 0.5) is 19.3 Å². The number of halogens is 2. The van der Waals surface area contributed by atoms with Crippen LogP contribution in [0.15, 0.2) is 54.9 Å². The number of carbonyl (C=O) groups is 2. The minimum Gasteiger partial charge on any atom is -0.337 e. The smallest absolute Gasteiger partial charge is 0.321 e. The van der Waals surface area contributed by atoms with Crippen molar-refractivity contribution in [3.8, 4) is 11.1 Å². The number of piperidine rings is 1. The summed E-state index contributed by atoms with van der Waals surface area (Å²) < 4.78 is 26.9. The molecule has 0 bridgehead atoms. The Morgan fingerprint density at radius 3 is 2.21 bits per heavy atom. The fourth-order valence-corrected chi connectivity index (χ4v) is 3.97. The van der Waals surface area contributed by atoms with E-state index >= 15 is 0 Å². The van der Waals surface area contributed by atoms with Gasteiger partial charge in [-0.15, -0.1) is 0 Å². The van der Waals surface area contributed by atoms with Gasteiger partial charge >= 0.3 is 6.03 Å². The van der Waals surface area contributed by atoms with Crippen molar-refractivity contribution in [2.75, 3.05) is 25.5 Å². The summed E-state index contributed by atoms with van der Waals surface area (Å²) in [5.41, 5.74) is 2.70. The number of anilines is 1. The number of hydrogen-bond acceptors (Lipinski definition) is 4. The maximum atomic E-state index is 13.5. The number of urea groups is 1. The number of aromatic nitrogens is 2. The molecule has 1 N–H and O–H groups in total. The lowest BCUT2D eigenvalue weighted by Gasteiger charge is -2.36. The average molecular weight is 466 g/mol. The van der Waals surface area contributed by atoms with Gasteiger partial charge in [0.1, 0.15) is 17.3 Å². The number of nitrogens with one attached hydrogen (secondary N) is 1. The van der Waals surface area contributed by atoms with Crippen LogP contribution in [0.1, 0.15) is 29.0 Å². The van der Waals surface area contributed by atoms with Gasteiger partial charge in [-0.2, -0.15) is 0 Å². The SMILES string of the molecule is Cc1cnc(C(=O)N2CCC(N(C)C(=O)Nc3ccc(-c4cc(F)cc(F)c4)cc3)CC2)cn1. The number of hydrogen-bond donors (Lipinski definition) is 1. The highest BCUT2D eigenvalue weighted by molar-refractivity contribution is 5.92. The number of likely N-dealkylation sites (tertiary alicyclic amines) is 1. The van der Waals surface area contributed by atoms with E-state index in [1.165, 1.54) is 18.3 Å². The van der Waals surface area contributed by atoms with Gasteiger partial charge in [-0.05, 0) is 55.2 Å². The highest BCUT2D eigenvalue weighted by Crippen LogP contribution is 2.24. The summed E-state index contributed by atoms with van der Waals surface area (Å²) >= 11 is 0. The molecule has 3 amide bonds. The van der Waals surface area contributed by atoms with Crippen molar-refractivity contribution in [3.63, 3.8) is 0 Å². The maximum Gasteiger partial charge on any atom is 0.321 e. The van der Waals surface area contributed by atoms with E-state index in [0.717, 1.165) is 11.8 Å². The summed E-state index contributed by atoms with van der Waals surface area (Å²) in [6.07, 6.45) is 4.36. The molecule has 4 rings (SSSR count). The van der Waals surface area contributed by atoms with Crippen molar-refractivity contribution in [1.82, 2.24) is 19.8 Å². The molecule has 0 unspecified atom stereocenters. The van der Waals surface area contributed by atoms with Gasteiger partial charge in [-0.25, -0.2) is 18.6 Å². The number of aryl methyl sites for hydroxylation is 1. The minimum absolute atomic E-state index is 0.0114. The normalized spacial score (nSPS) is 14.1. The van der Waals surface area contributed by atoms with Crippen molar-refractivity contribution in [3.05, 3.63) is 77.9 Å². The highest BCUT2D eigenvalue weighted by Gasteiger charge is 2.28. The van der Waals surface area contributed by atoms with Crippen LogP contribution < -0.4 is 5.32 Å². The summed E-state index contributed by atoms with van der Waals surface area (Å²) in [5, 5.41) is 2.85. The van der Waals surface area contributed by atoms with E-state index in [0.29, 0.717) is 48.4 Å². The van der Waals surface area contributed by atoms with Crippen LogP contribution >= 0.6 is 0 Å². The Labute approximate surface area is 196 Å². The number of nitrogens with zero attached hydrogens (tertiary/aromatic N) is 4. The van der Waals surface area contributed by atoms with E-state index in [4.69, 9.17) is 0 Å². The second-order valence-electron chi connectivity index (χ2n) is 8.34. The Morgan fingerprint density at radius 1 is 0.971 bits per heavy atom. The van der Waals surface area contributed by atoms with Crippen LogP contribution in [-0.2, 0) is 0 Å². The zero-order valence-corrected chi connectivity index (χ0v) is 19.0. The molecule has 1 aromatic heterocycles. The van der Waals surface area contributed by atoms with Crippen molar-refractivity contribution in [2.24, 2.45) is 0 Å². The largest absolute Gasteiger partial charge is 0.337 e. The topological polar surface area (TPSA) is 78.4 Å². The van der Waals surface area contributed by atoms with Gasteiger partial charge in [0.25, 0.3) is 5.91 Å². The quantitative estimate of drug-likeness (QED) is 0.616. The Hall–Kier alpha value is -3.88. The van der Waals surface area contributed by atoms with Gasteiger partial charge in [0.2, 0.25) is 0 Å². The van der Waals surface area contributed by atoms with Crippen LogP contribution in [0.5, 0.6) is 0 Å². The number of amides is 3. The lowest BCUT2D eigenvalue weighted by molar-refractivity contribution is 0.0665. The van der Waals surface area contributed by atoms with Crippen molar-refractivity contribution >= 4 is 17.6 Å². The van der Waals surface area contributed by atoms with Crippen molar-refractivity contribution < 1.29 is 18.4 Å². The molecule has 1 fully saturated rings. The van der Waals surface area contributed by atoms with Gasteiger partial charge in [0, 0.05) is 44.1 Å². The molecule has 7 nitrogen and oxygen atoms in total. The molecule has 0 radical (unpaired) electrons. The predicted molar refractivity (Wildman–Crippen MR) is 124 cm³/mol. The number of rotatable bonds is 4. The second-order valence-corrected chi connectivity index (χ2v) is 8.34. The predicted octanol–water partition coefficient (Wildman–Crippen LogP) is 4.50. The fraction of sp³-hybridized carbons (Fsp3) is 0.280. The first-order valence-electron chi connectivity index (χ1n) is 11.0. The maximum absolute atomic E-state index is 13.5. The molecule has 1 saturated heterocycles. The summed E-state index contributed by atoms with van der Waals surface area (Å²) in [5.74, 6) is -1.45. The lowest BCUT2D eigenvalue weighted by atomic mass is 10.0. The molecule has 0 saturated carbocycles. The molecule has 34 heavy (non-hydrogen) atoms. The third-order valence-corrected chi connectivity index (χ3v) is 5.95. The molecule has 9 heteroatoms. The Balaban J connectivity index is 1.31. The van der Waals surface area contributed by atoms with Crippen LogP contribution in [0, 0.1) is 18.6 Å². The van der Waals surface area contributed by atoms with E-state index in [1.54, 1.807) is 47.3 Å². The Kier molecular flexibility index (Phi) is 6.81. The highest BCUT2D eigenvalue weighted by atomic mass is 19.1. The monoisotopic (exact) mass is 465 g/mol. The van der Waals surface area contributed by atoms with E-state index < -0.39 is 11.6 Å². The molecule has 2 aromatic carbocycles. The molecule has 2 heterocycles. The third-order valence-electron chi connectivity index (χ3n) is 5.95. The van der Waals surface area contributed by atoms with Gasteiger partial charge in [-0.1, -0.05) is 12.1 Å². The molecule has 3 aromatic rings. The zero-order valence-electron chi connectivity index (χ0n) is 19.0. The van der Waals surface area contributed by atoms with Gasteiger partial charge in [-0.3, -0.25) is 9.78 Å². The molecule has 0 aliphatic carbocycles. The lowest BCUT2D eigenvalue weighted by Crippen LogP contribution is -2.48. The van der Waals surface area contributed by atoms with Gasteiger partial charge in [0.05, 0.1) is 11.9 Å². The van der Waals surface area contributed by atoms with E-state index in [9.17, 15) is 18.4 Å². The van der Waals surface area contributed by atoms with E-state index in [2.05, 4.69) is 15.3 Å². The molecule has 176 valence electrons. The molecule has 1 aliphatic rings. The zero-order chi connectivity index (χ0) is 24.2. The van der Waals surface area contributed by atoms with Crippen LogP contribution in [0.2, 0.25) is 0 Å². The first-order chi connectivity index (χ1) is 16.3. The summed E-state index contributed by atoms with van der Waals surface area (Å²) in [6, 6.07) is 9.83. The molecular formula is C25H25F2N5O2. The average Bonchev–Trinajstić information content (AvgIpc) is 2.83. The standard InChI is InChI=1S/C25H25F2N5O2/c1-16-14-29-23(15-28-16)24(33)32-9-7-22(8-10-32)31(2)25(34)30-21-5-3-17(4-6-21)18-11-19(26)13-20(27)12-18/h3-6,11-15,22H,7-10H2,1-2H3,(H,30,34). The van der Waals surface area contributed by atoms with Crippen molar-refractivity contribution in [2.45, 2.75) is 25.8 Å². The fourth-order valence-electron chi connectivity index (χ4n) is 3.97. The van der Waals surface area contributed by atoms with E-state index in [-0.39, 0.29) is 18.0 Å². The van der Waals surface area contributed by atoms with Crippen LogP contribution in [0.3, 0.4) is 0 Å². The number of carbonyl (C=O) groups excluding carboxylic acids is 2. The molecule has 0 atom stereocenters. The first-order valence-corrected chi connectivity index (χ1v) is 11.0. The first kappa shape index (κ1) is 23.3. The summed E-state index contributed by atoms with van der Waals surface area (Å²) in [7, 11) is 1.73.